The second-order valence-electron chi connectivity index (χ2n) is 7.62. The normalized spacial score (nSPS) is 23.4. The van der Waals surface area contributed by atoms with Crippen molar-refractivity contribution < 1.29 is 19.0 Å². The fraction of sp³-hybridized carbons (Fsp3) is 0.524. The third kappa shape index (κ3) is 3.35. The van der Waals surface area contributed by atoms with Crippen molar-refractivity contribution in [3.63, 3.8) is 0 Å². The number of methoxy groups -OCH3 is 1. The molecule has 28 heavy (non-hydrogen) atoms. The molecular formula is C21H27N3O4. The number of benzene rings is 1. The molecule has 0 radical (unpaired) electrons. The lowest BCUT2D eigenvalue weighted by Crippen LogP contribution is -2.32. The van der Waals surface area contributed by atoms with E-state index in [1.54, 1.807) is 13.3 Å². The van der Waals surface area contributed by atoms with Gasteiger partial charge in [-0.3, -0.25) is 9.48 Å². The van der Waals surface area contributed by atoms with E-state index in [9.17, 15) is 4.79 Å². The Labute approximate surface area is 165 Å². The summed E-state index contributed by atoms with van der Waals surface area (Å²) in [4.78, 5) is 12.9. The van der Waals surface area contributed by atoms with Crippen LogP contribution in [0.4, 0.5) is 0 Å². The van der Waals surface area contributed by atoms with E-state index in [0.29, 0.717) is 19.6 Å². The number of nitrogens with zero attached hydrogens (tertiary/aromatic N) is 2. The number of aromatic nitrogens is 2. The highest BCUT2D eigenvalue weighted by atomic mass is 16.5. The minimum Gasteiger partial charge on any atom is -0.496 e. The summed E-state index contributed by atoms with van der Waals surface area (Å²) in [5.41, 5.74) is 4.07. The number of ether oxygens (including phenoxy) is 3. The van der Waals surface area contributed by atoms with Crippen molar-refractivity contribution >= 4 is 5.91 Å². The minimum absolute atomic E-state index is 0.0115. The van der Waals surface area contributed by atoms with Crippen molar-refractivity contribution in [1.82, 2.24) is 15.1 Å². The van der Waals surface area contributed by atoms with Gasteiger partial charge in [-0.05, 0) is 32.4 Å². The maximum absolute atomic E-state index is 12.9. The van der Waals surface area contributed by atoms with E-state index in [1.165, 1.54) is 0 Å². The van der Waals surface area contributed by atoms with E-state index in [0.717, 1.165) is 40.3 Å². The Hall–Kier alpha value is -2.54. The molecule has 0 spiro atoms. The molecule has 2 aliphatic rings. The van der Waals surface area contributed by atoms with Crippen molar-refractivity contribution in [3.05, 3.63) is 40.7 Å². The molecule has 1 aromatic carbocycles. The maximum atomic E-state index is 12.9. The van der Waals surface area contributed by atoms with Gasteiger partial charge in [0.2, 0.25) is 5.91 Å². The van der Waals surface area contributed by atoms with Gasteiger partial charge in [-0.15, -0.1) is 0 Å². The molecule has 150 valence electrons. The van der Waals surface area contributed by atoms with Crippen LogP contribution in [0.5, 0.6) is 11.5 Å². The lowest BCUT2D eigenvalue weighted by atomic mass is 9.94. The fourth-order valence-corrected chi connectivity index (χ4v) is 4.08. The number of fused-ring (bicyclic) bond motifs is 1. The molecule has 1 unspecified atom stereocenters. The van der Waals surface area contributed by atoms with E-state index in [-0.39, 0.29) is 24.0 Å². The number of aryl methyl sites for hydroxylation is 1. The first kappa shape index (κ1) is 18.8. The summed E-state index contributed by atoms with van der Waals surface area (Å²) in [7, 11) is 3.55. The van der Waals surface area contributed by atoms with Crippen molar-refractivity contribution in [2.45, 2.75) is 45.4 Å². The van der Waals surface area contributed by atoms with Crippen LogP contribution >= 0.6 is 0 Å². The molecule has 3 heterocycles. The summed E-state index contributed by atoms with van der Waals surface area (Å²) in [6.07, 6.45) is 3.30. The molecule has 7 heteroatoms. The SMILES string of the molecule is COc1cc2c(cc1CNC(=O)[C@H]1CCO[C@@H]1c1cnn(C)c1C)OC(C)C2. The predicted octanol–water partition coefficient (Wildman–Crippen LogP) is 2.45. The Morgan fingerprint density at radius 1 is 1.43 bits per heavy atom. The first-order valence-electron chi connectivity index (χ1n) is 9.72. The number of carbonyl (C=O) groups is 1. The Bertz CT molecular complexity index is 892. The second-order valence-corrected chi connectivity index (χ2v) is 7.62. The predicted molar refractivity (Wildman–Crippen MR) is 103 cm³/mol. The fourth-order valence-electron chi connectivity index (χ4n) is 4.08. The number of carbonyl (C=O) groups excluding carboxylic acids is 1. The van der Waals surface area contributed by atoms with Gasteiger partial charge in [-0.2, -0.15) is 5.10 Å². The second kappa shape index (κ2) is 7.47. The molecule has 0 saturated carbocycles. The van der Waals surface area contributed by atoms with Crippen LogP contribution in [0.25, 0.3) is 0 Å². The Morgan fingerprint density at radius 2 is 2.25 bits per heavy atom. The number of hydrogen-bond donors (Lipinski definition) is 1. The molecule has 3 atom stereocenters. The van der Waals surface area contributed by atoms with Crippen molar-refractivity contribution in [2.75, 3.05) is 13.7 Å². The van der Waals surface area contributed by atoms with Gasteiger partial charge in [-0.25, -0.2) is 0 Å². The van der Waals surface area contributed by atoms with Crippen molar-refractivity contribution in [3.8, 4) is 11.5 Å². The van der Waals surface area contributed by atoms with Crippen molar-refractivity contribution in [2.24, 2.45) is 13.0 Å². The van der Waals surface area contributed by atoms with Crippen LogP contribution in [0.3, 0.4) is 0 Å². The van der Waals surface area contributed by atoms with Gasteiger partial charge in [0.15, 0.2) is 0 Å². The number of hydrogen-bond acceptors (Lipinski definition) is 5. The molecular weight excluding hydrogens is 358 g/mol. The molecule has 2 aromatic rings. The van der Waals surface area contributed by atoms with Gasteiger partial charge in [0.25, 0.3) is 0 Å². The zero-order valence-corrected chi connectivity index (χ0v) is 16.8. The van der Waals surface area contributed by atoms with E-state index in [4.69, 9.17) is 14.2 Å². The van der Waals surface area contributed by atoms with Gasteiger partial charge in [0, 0.05) is 49.0 Å². The van der Waals surface area contributed by atoms with Crippen LogP contribution in [-0.4, -0.2) is 35.5 Å². The summed E-state index contributed by atoms with van der Waals surface area (Å²) >= 11 is 0. The largest absolute Gasteiger partial charge is 0.496 e. The van der Waals surface area contributed by atoms with Gasteiger partial charge >= 0.3 is 0 Å². The molecule has 7 nitrogen and oxygen atoms in total. The van der Waals surface area contributed by atoms with Crippen LogP contribution in [0, 0.1) is 12.8 Å². The van der Waals surface area contributed by atoms with E-state index < -0.39 is 0 Å². The maximum Gasteiger partial charge on any atom is 0.226 e. The van der Waals surface area contributed by atoms with Crippen LogP contribution in [0.1, 0.15) is 41.8 Å². The minimum atomic E-state index is -0.250. The van der Waals surface area contributed by atoms with Gasteiger partial charge in [0.05, 0.1) is 25.3 Å². The molecule has 0 bridgehead atoms. The zero-order chi connectivity index (χ0) is 19.8. The van der Waals surface area contributed by atoms with Crippen LogP contribution in [0.15, 0.2) is 18.3 Å². The number of amides is 1. The molecule has 1 fully saturated rings. The smallest absolute Gasteiger partial charge is 0.226 e. The molecule has 4 rings (SSSR count). The standard InChI is InChI=1S/C21H27N3O4/c1-12-7-14-8-18(26-4)15(9-19(14)28-12)10-22-21(25)16-5-6-27-20(16)17-11-23-24(3)13(17)2/h8-9,11-12,16,20H,5-7,10H2,1-4H3,(H,22,25)/t12?,16-,20-/m0/s1. The Balaban J connectivity index is 1.47. The average Bonchev–Trinajstić information content (AvgIpc) is 3.37. The quantitative estimate of drug-likeness (QED) is 0.856. The molecule has 0 aliphatic carbocycles. The molecule has 1 saturated heterocycles. The summed E-state index contributed by atoms with van der Waals surface area (Å²) in [5.74, 6) is 1.42. The summed E-state index contributed by atoms with van der Waals surface area (Å²) in [5, 5.41) is 7.35. The summed E-state index contributed by atoms with van der Waals surface area (Å²) < 4.78 is 19.1. The van der Waals surface area contributed by atoms with Crippen LogP contribution in [0.2, 0.25) is 0 Å². The molecule has 1 aromatic heterocycles. The van der Waals surface area contributed by atoms with E-state index in [2.05, 4.69) is 17.3 Å². The van der Waals surface area contributed by atoms with Crippen LogP contribution < -0.4 is 14.8 Å². The Morgan fingerprint density at radius 3 is 2.96 bits per heavy atom. The summed E-state index contributed by atoms with van der Waals surface area (Å²) in [6.45, 7) is 5.01. The molecule has 1 amide bonds. The highest BCUT2D eigenvalue weighted by Crippen LogP contribution is 2.37. The summed E-state index contributed by atoms with van der Waals surface area (Å²) in [6, 6.07) is 3.99. The first-order chi connectivity index (χ1) is 13.5. The third-order valence-electron chi connectivity index (χ3n) is 5.76. The van der Waals surface area contributed by atoms with Gasteiger partial charge in [0.1, 0.15) is 17.6 Å². The van der Waals surface area contributed by atoms with E-state index in [1.807, 2.05) is 30.8 Å². The topological polar surface area (TPSA) is 74.6 Å². The van der Waals surface area contributed by atoms with Crippen LogP contribution in [-0.2, 0) is 29.5 Å². The van der Waals surface area contributed by atoms with Gasteiger partial charge in [-0.1, -0.05) is 0 Å². The highest BCUT2D eigenvalue weighted by molar-refractivity contribution is 5.80. The zero-order valence-electron chi connectivity index (χ0n) is 16.8. The molecule has 2 aliphatic heterocycles. The van der Waals surface area contributed by atoms with E-state index >= 15 is 0 Å². The number of rotatable bonds is 5. The molecule has 1 N–H and O–H groups in total. The lowest BCUT2D eigenvalue weighted by Gasteiger charge is -2.19. The number of nitrogens with one attached hydrogen (secondary N) is 1. The first-order valence-corrected chi connectivity index (χ1v) is 9.72. The highest BCUT2D eigenvalue weighted by Gasteiger charge is 2.37. The monoisotopic (exact) mass is 385 g/mol. The average molecular weight is 385 g/mol. The Kier molecular flexibility index (Phi) is 5.02. The van der Waals surface area contributed by atoms with Gasteiger partial charge < -0.3 is 19.5 Å². The lowest BCUT2D eigenvalue weighted by molar-refractivity contribution is -0.127. The van der Waals surface area contributed by atoms with Crippen molar-refractivity contribution in [1.29, 1.82) is 0 Å². The third-order valence-corrected chi connectivity index (χ3v) is 5.76.